The Morgan fingerprint density at radius 1 is 1.29 bits per heavy atom. The van der Waals surface area contributed by atoms with Gasteiger partial charge in [0.25, 0.3) is 0 Å². The van der Waals surface area contributed by atoms with Gasteiger partial charge >= 0.3 is 11.9 Å². The summed E-state index contributed by atoms with van der Waals surface area (Å²) in [5, 5.41) is 8.66. The number of hydrogen-bond donors (Lipinski definition) is 0. The highest BCUT2D eigenvalue weighted by molar-refractivity contribution is 6.07. The Bertz CT molecular complexity index is 867. The number of allylic oxidation sites excluding steroid dienone is 1. The summed E-state index contributed by atoms with van der Waals surface area (Å²) < 4.78 is 25.2. The number of nitriles is 1. The van der Waals surface area contributed by atoms with Crippen molar-refractivity contribution < 1.29 is 23.5 Å². The van der Waals surface area contributed by atoms with Gasteiger partial charge in [0, 0.05) is 17.3 Å². The largest absolute Gasteiger partial charge is 0.462 e. The van der Waals surface area contributed by atoms with E-state index in [0.29, 0.717) is 11.4 Å². The molecule has 1 aliphatic rings. The molecule has 1 aliphatic heterocycles. The fourth-order valence-corrected chi connectivity index (χ4v) is 3.24. The van der Waals surface area contributed by atoms with Crippen molar-refractivity contribution in [3.8, 4) is 6.07 Å². The lowest BCUT2D eigenvalue weighted by Gasteiger charge is -2.32. The van der Waals surface area contributed by atoms with Gasteiger partial charge in [0.15, 0.2) is 0 Å². The molecule has 0 bridgehead atoms. The van der Waals surface area contributed by atoms with Crippen LogP contribution in [-0.4, -0.2) is 30.4 Å². The summed E-state index contributed by atoms with van der Waals surface area (Å²) >= 11 is 0. The molecule has 2 atom stereocenters. The number of carbonyl (C=O) groups is 2. The van der Waals surface area contributed by atoms with E-state index in [-0.39, 0.29) is 30.3 Å². The molecule has 28 heavy (non-hydrogen) atoms. The lowest BCUT2D eigenvalue weighted by molar-refractivity contribution is -0.150. The van der Waals surface area contributed by atoms with Crippen LogP contribution in [-0.2, 0) is 19.1 Å². The molecule has 0 fully saturated rings. The number of halogens is 1. The predicted octanol–water partition coefficient (Wildman–Crippen LogP) is 3.68. The third kappa shape index (κ3) is 4.63. The summed E-state index contributed by atoms with van der Waals surface area (Å²) in [4.78, 5) is 29.9. The first kappa shape index (κ1) is 21.3. The minimum atomic E-state index is -0.957. The molecule has 1 heterocycles. The van der Waals surface area contributed by atoms with Crippen LogP contribution in [0.2, 0.25) is 0 Å². The maximum absolute atomic E-state index is 14.7. The molecule has 0 spiro atoms. The van der Waals surface area contributed by atoms with E-state index in [1.54, 1.807) is 33.8 Å². The van der Waals surface area contributed by atoms with Crippen LogP contribution >= 0.6 is 0 Å². The van der Waals surface area contributed by atoms with E-state index in [1.807, 2.05) is 6.07 Å². The fraction of sp³-hybridized carbons (Fsp3) is 0.429. The van der Waals surface area contributed by atoms with Gasteiger partial charge in [-0.15, -0.1) is 0 Å². The molecular weight excluding hydrogens is 363 g/mol. The minimum absolute atomic E-state index is 0.0313. The Hall–Kier alpha value is -3.01. The Morgan fingerprint density at radius 3 is 2.57 bits per heavy atom. The van der Waals surface area contributed by atoms with Crippen molar-refractivity contribution in [2.24, 2.45) is 10.9 Å². The summed E-state index contributed by atoms with van der Waals surface area (Å²) in [5.74, 6) is -3.74. The zero-order valence-electron chi connectivity index (χ0n) is 16.4. The number of esters is 2. The van der Waals surface area contributed by atoms with Crippen LogP contribution in [0.25, 0.3) is 0 Å². The van der Waals surface area contributed by atoms with Gasteiger partial charge in [-0.2, -0.15) is 5.26 Å². The Kier molecular flexibility index (Phi) is 7.05. The summed E-state index contributed by atoms with van der Waals surface area (Å²) in [6.07, 6.45) is -0.344. The van der Waals surface area contributed by atoms with Crippen LogP contribution < -0.4 is 0 Å². The monoisotopic (exact) mass is 386 g/mol. The first-order valence-electron chi connectivity index (χ1n) is 9.02. The standard InChI is InChI=1S/C21H23FN2O4/c1-12(2)28-21(26)18-14(4)24-13(3)17(20(25)27-11-7-10-23)19(18)15-8-5-6-9-16(15)22/h5-6,8-9,12,18-19H,7,11H2,1-4H3. The van der Waals surface area contributed by atoms with Gasteiger partial charge in [0.2, 0.25) is 0 Å². The van der Waals surface area contributed by atoms with Gasteiger partial charge in [-0.05, 0) is 39.3 Å². The van der Waals surface area contributed by atoms with E-state index >= 15 is 0 Å². The van der Waals surface area contributed by atoms with Crippen LogP contribution in [0, 0.1) is 23.1 Å². The molecule has 0 aliphatic carbocycles. The first-order valence-corrected chi connectivity index (χ1v) is 9.02. The topological polar surface area (TPSA) is 88.8 Å². The van der Waals surface area contributed by atoms with E-state index in [4.69, 9.17) is 14.7 Å². The average molecular weight is 386 g/mol. The zero-order chi connectivity index (χ0) is 20.8. The van der Waals surface area contributed by atoms with Gasteiger partial charge in [-0.3, -0.25) is 9.79 Å². The van der Waals surface area contributed by atoms with Crippen molar-refractivity contribution in [2.45, 2.75) is 46.1 Å². The van der Waals surface area contributed by atoms with Gasteiger partial charge in [0.1, 0.15) is 18.3 Å². The summed E-state index contributed by atoms with van der Waals surface area (Å²) in [5.41, 5.74) is 1.07. The van der Waals surface area contributed by atoms with Crippen LogP contribution in [0.5, 0.6) is 0 Å². The van der Waals surface area contributed by atoms with Crippen LogP contribution in [0.3, 0.4) is 0 Å². The van der Waals surface area contributed by atoms with Crippen molar-refractivity contribution in [1.29, 1.82) is 5.26 Å². The molecule has 2 rings (SSSR count). The quantitative estimate of drug-likeness (QED) is 0.550. The van der Waals surface area contributed by atoms with Crippen molar-refractivity contribution in [2.75, 3.05) is 6.61 Å². The molecule has 0 saturated heterocycles. The number of carbonyl (C=O) groups excluding carboxylic acids is 2. The molecule has 1 aromatic carbocycles. The summed E-state index contributed by atoms with van der Waals surface area (Å²) in [6, 6.07) is 7.87. The van der Waals surface area contributed by atoms with E-state index in [1.165, 1.54) is 18.2 Å². The highest BCUT2D eigenvalue weighted by Crippen LogP contribution is 2.41. The van der Waals surface area contributed by atoms with Crippen molar-refractivity contribution in [3.05, 3.63) is 46.9 Å². The second-order valence-electron chi connectivity index (χ2n) is 6.76. The predicted molar refractivity (Wildman–Crippen MR) is 101 cm³/mol. The summed E-state index contributed by atoms with van der Waals surface area (Å²) in [6.45, 7) is 6.59. The molecule has 1 aromatic rings. The third-order valence-electron chi connectivity index (χ3n) is 4.34. The number of aliphatic imine (C=N–C) groups is 1. The maximum Gasteiger partial charge on any atom is 0.336 e. The van der Waals surface area contributed by atoms with Gasteiger partial charge < -0.3 is 9.47 Å². The van der Waals surface area contributed by atoms with Crippen LogP contribution in [0.15, 0.2) is 40.5 Å². The Morgan fingerprint density at radius 2 is 1.96 bits per heavy atom. The van der Waals surface area contributed by atoms with Crippen LogP contribution in [0.1, 0.15) is 45.6 Å². The second-order valence-corrected chi connectivity index (χ2v) is 6.76. The number of benzene rings is 1. The average Bonchev–Trinajstić information content (AvgIpc) is 2.60. The van der Waals surface area contributed by atoms with Crippen molar-refractivity contribution in [3.63, 3.8) is 0 Å². The highest BCUT2D eigenvalue weighted by atomic mass is 19.1. The number of nitrogens with zero attached hydrogens (tertiary/aromatic N) is 2. The molecule has 0 radical (unpaired) electrons. The van der Waals surface area contributed by atoms with E-state index in [0.717, 1.165) is 0 Å². The van der Waals surface area contributed by atoms with Gasteiger partial charge in [-0.25, -0.2) is 9.18 Å². The maximum atomic E-state index is 14.7. The zero-order valence-corrected chi connectivity index (χ0v) is 16.4. The van der Waals surface area contributed by atoms with Crippen molar-refractivity contribution >= 4 is 17.7 Å². The van der Waals surface area contributed by atoms with Gasteiger partial charge in [0.05, 0.1) is 24.2 Å². The molecule has 6 nitrogen and oxygen atoms in total. The smallest absolute Gasteiger partial charge is 0.336 e. The fourth-order valence-electron chi connectivity index (χ4n) is 3.24. The highest BCUT2D eigenvalue weighted by Gasteiger charge is 2.43. The Balaban J connectivity index is 2.57. The number of rotatable bonds is 6. The first-order chi connectivity index (χ1) is 13.3. The molecule has 0 amide bonds. The van der Waals surface area contributed by atoms with Gasteiger partial charge in [-0.1, -0.05) is 18.2 Å². The minimum Gasteiger partial charge on any atom is -0.462 e. The lowest BCUT2D eigenvalue weighted by Crippen LogP contribution is -2.37. The molecule has 7 heteroatoms. The number of hydrogen-bond acceptors (Lipinski definition) is 6. The van der Waals surface area contributed by atoms with Crippen LogP contribution in [0.4, 0.5) is 4.39 Å². The summed E-state index contributed by atoms with van der Waals surface area (Å²) in [7, 11) is 0. The normalized spacial score (nSPS) is 19.1. The van der Waals surface area contributed by atoms with Crippen molar-refractivity contribution in [1.82, 2.24) is 0 Å². The van der Waals surface area contributed by atoms with E-state index < -0.39 is 29.6 Å². The molecular formula is C21H23FN2O4. The molecule has 2 unspecified atom stereocenters. The molecule has 148 valence electrons. The van der Waals surface area contributed by atoms with E-state index in [9.17, 15) is 14.0 Å². The number of ether oxygens (including phenoxy) is 2. The molecule has 0 N–H and O–H groups in total. The molecule has 0 saturated carbocycles. The molecule has 0 aromatic heterocycles. The Labute approximate surface area is 163 Å². The van der Waals surface area contributed by atoms with E-state index in [2.05, 4.69) is 4.99 Å². The SMILES string of the molecule is CC1=NC(C)=C(C(=O)OCCC#N)C(c2ccccc2F)C1C(=O)OC(C)C. The third-order valence-corrected chi connectivity index (χ3v) is 4.34. The lowest BCUT2D eigenvalue weighted by atomic mass is 9.75. The second kappa shape index (κ2) is 9.27.